The van der Waals surface area contributed by atoms with Gasteiger partial charge in [-0.2, -0.15) is 0 Å². The van der Waals surface area contributed by atoms with E-state index in [1.54, 1.807) is 30.3 Å². The predicted molar refractivity (Wildman–Crippen MR) is 148 cm³/mol. The van der Waals surface area contributed by atoms with Crippen molar-refractivity contribution < 1.29 is 29.4 Å². The number of hydrogen-bond acceptors (Lipinski definition) is 6. The topological polar surface area (TPSA) is 178 Å². The standard InChI is InChI=1S/C29H35N5O6/c1-17(35)25(27(37)32-23(29(39)40)14-18-8-3-2-4-9-18)33-26(36)24-12-7-13-34(24)28(38)21(30)15-19-16-31-22-11-6-5-10-20(19)22/h2-6,8-11,16-17,21,23-25,31,35H,7,12-15,30H2,1H3,(H,32,37)(H,33,36)(H,39,40). The van der Waals surface area contributed by atoms with Crippen LogP contribution in [0.15, 0.2) is 60.8 Å². The van der Waals surface area contributed by atoms with Crippen LogP contribution < -0.4 is 16.4 Å². The molecule has 1 aromatic heterocycles. The molecule has 7 N–H and O–H groups in total. The minimum absolute atomic E-state index is 0.0294. The van der Waals surface area contributed by atoms with Gasteiger partial charge in [0.05, 0.1) is 12.1 Å². The Morgan fingerprint density at radius 2 is 1.75 bits per heavy atom. The highest BCUT2D eigenvalue weighted by molar-refractivity contribution is 5.95. The number of aromatic amines is 1. The summed E-state index contributed by atoms with van der Waals surface area (Å²) in [7, 11) is 0. The Balaban J connectivity index is 1.40. The highest BCUT2D eigenvalue weighted by Crippen LogP contribution is 2.22. The number of aliphatic hydroxyl groups is 1. The number of carbonyl (C=O) groups is 4. The molecule has 0 spiro atoms. The molecule has 5 unspecified atom stereocenters. The molecule has 5 atom stereocenters. The second-order valence-corrected chi connectivity index (χ2v) is 10.2. The molecular formula is C29H35N5O6. The van der Waals surface area contributed by atoms with E-state index in [9.17, 15) is 29.4 Å². The van der Waals surface area contributed by atoms with Crippen molar-refractivity contribution in [1.29, 1.82) is 0 Å². The van der Waals surface area contributed by atoms with Crippen LogP contribution in [0.1, 0.15) is 30.9 Å². The van der Waals surface area contributed by atoms with Crippen LogP contribution in [0, 0.1) is 0 Å². The lowest BCUT2D eigenvalue weighted by Crippen LogP contribution is -2.59. The smallest absolute Gasteiger partial charge is 0.326 e. The van der Waals surface area contributed by atoms with Crippen LogP contribution >= 0.6 is 0 Å². The van der Waals surface area contributed by atoms with Crippen molar-refractivity contribution in [3.8, 4) is 0 Å². The van der Waals surface area contributed by atoms with Crippen LogP contribution in [0.2, 0.25) is 0 Å². The minimum Gasteiger partial charge on any atom is -0.480 e. The average molecular weight is 550 g/mol. The number of benzene rings is 2. The number of carbonyl (C=O) groups excluding carboxylic acids is 3. The third-order valence-electron chi connectivity index (χ3n) is 7.23. The maximum atomic E-state index is 13.3. The molecule has 0 radical (unpaired) electrons. The van der Waals surface area contributed by atoms with Crippen molar-refractivity contribution in [2.45, 2.75) is 62.9 Å². The number of rotatable bonds is 11. The fraction of sp³-hybridized carbons (Fsp3) is 0.379. The summed E-state index contributed by atoms with van der Waals surface area (Å²) in [6.07, 6.45) is 1.76. The normalized spacial score (nSPS) is 18.1. The fourth-order valence-corrected chi connectivity index (χ4v) is 5.11. The number of fused-ring (bicyclic) bond motifs is 1. The Bertz CT molecular complexity index is 1360. The van der Waals surface area contributed by atoms with E-state index in [1.807, 2.05) is 30.5 Å². The van der Waals surface area contributed by atoms with Crippen LogP contribution in [0.5, 0.6) is 0 Å². The molecule has 1 saturated heterocycles. The number of amides is 3. The molecule has 1 aliphatic heterocycles. The Labute approximate surface area is 231 Å². The second kappa shape index (κ2) is 12.8. The van der Waals surface area contributed by atoms with E-state index in [0.29, 0.717) is 24.9 Å². The van der Waals surface area contributed by atoms with Gasteiger partial charge in [0, 0.05) is 30.1 Å². The summed E-state index contributed by atoms with van der Waals surface area (Å²) < 4.78 is 0. The maximum Gasteiger partial charge on any atom is 0.326 e. The quantitative estimate of drug-likeness (QED) is 0.204. The lowest BCUT2D eigenvalue weighted by atomic mass is 10.0. The molecule has 0 bridgehead atoms. The van der Waals surface area contributed by atoms with Crippen molar-refractivity contribution >= 4 is 34.6 Å². The first-order chi connectivity index (χ1) is 19.2. The predicted octanol–water partition coefficient (Wildman–Crippen LogP) is 0.706. The van der Waals surface area contributed by atoms with Gasteiger partial charge < -0.3 is 36.5 Å². The average Bonchev–Trinajstić information content (AvgIpc) is 3.59. The van der Waals surface area contributed by atoms with Gasteiger partial charge in [-0.05, 0) is 43.4 Å². The molecular weight excluding hydrogens is 514 g/mol. The van der Waals surface area contributed by atoms with Crippen molar-refractivity contribution in [3.63, 3.8) is 0 Å². The van der Waals surface area contributed by atoms with Crippen molar-refractivity contribution in [3.05, 3.63) is 71.9 Å². The van der Waals surface area contributed by atoms with Crippen LogP contribution in [0.3, 0.4) is 0 Å². The van der Waals surface area contributed by atoms with Gasteiger partial charge in [-0.1, -0.05) is 48.5 Å². The van der Waals surface area contributed by atoms with Crippen molar-refractivity contribution in [2.24, 2.45) is 5.73 Å². The van der Waals surface area contributed by atoms with E-state index in [0.717, 1.165) is 16.5 Å². The van der Waals surface area contributed by atoms with Crippen LogP contribution in [-0.4, -0.2) is 80.6 Å². The largest absolute Gasteiger partial charge is 0.480 e. The van der Waals surface area contributed by atoms with Crippen molar-refractivity contribution in [2.75, 3.05) is 6.54 Å². The molecule has 2 heterocycles. The van der Waals surface area contributed by atoms with Crippen LogP contribution in [-0.2, 0) is 32.0 Å². The zero-order chi connectivity index (χ0) is 28.8. The van der Waals surface area contributed by atoms with Crippen LogP contribution in [0.25, 0.3) is 10.9 Å². The van der Waals surface area contributed by atoms with E-state index >= 15 is 0 Å². The highest BCUT2D eigenvalue weighted by Gasteiger charge is 2.39. The monoisotopic (exact) mass is 549 g/mol. The zero-order valence-electron chi connectivity index (χ0n) is 22.2. The zero-order valence-corrected chi connectivity index (χ0v) is 22.2. The SMILES string of the molecule is CC(O)C(NC(=O)C1CCCN1C(=O)C(N)Cc1c[nH]c2ccccc12)C(=O)NC(Cc1ccccc1)C(=O)O. The number of nitrogens with zero attached hydrogens (tertiary/aromatic N) is 1. The summed E-state index contributed by atoms with van der Waals surface area (Å²) in [5.74, 6) is -3.07. The van der Waals surface area contributed by atoms with Gasteiger partial charge in [-0.15, -0.1) is 0 Å². The highest BCUT2D eigenvalue weighted by atomic mass is 16.4. The summed E-state index contributed by atoms with van der Waals surface area (Å²) in [6.45, 7) is 1.66. The number of carboxylic acid groups (broad SMARTS) is 1. The second-order valence-electron chi connectivity index (χ2n) is 10.2. The summed E-state index contributed by atoms with van der Waals surface area (Å²) in [5.41, 5.74) is 8.83. The first-order valence-electron chi connectivity index (χ1n) is 13.3. The molecule has 3 aromatic rings. The Hall–Kier alpha value is -4.22. The number of aromatic nitrogens is 1. The number of H-pyrrole nitrogens is 1. The molecule has 3 amide bonds. The first kappa shape index (κ1) is 28.8. The third-order valence-corrected chi connectivity index (χ3v) is 7.23. The lowest BCUT2D eigenvalue weighted by molar-refractivity contribution is -0.144. The summed E-state index contributed by atoms with van der Waals surface area (Å²) in [6, 6.07) is 12.1. The molecule has 0 saturated carbocycles. The van der Waals surface area contributed by atoms with E-state index in [2.05, 4.69) is 15.6 Å². The number of likely N-dealkylation sites (tertiary alicyclic amines) is 1. The van der Waals surface area contributed by atoms with E-state index in [1.165, 1.54) is 11.8 Å². The maximum absolute atomic E-state index is 13.3. The molecule has 1 aliphatic rings. The molecule has 2 aromatic carbocycles. The number of nitrogens with two attached hydrogens (primary N) is 1. The fourth-order valence-electron chi connectivity index (χ4n) is 5.11. The molecule has 40 heavy (non-hydrogen) atoms. The number of aliphatic carboxylic acids is 1. The molecule has 4 rings (SSSR count). The Morgan fingerprint density at radius 3 is 2.45 bits per heavy atom. The molecule has 1 fully saturated rings. The Kier molecular flexibility index (Phi) is 9.18. The first-order valence-corrected chi connectivity index (χ1v) is 13.3. The summed E-state index contributed by atoms with van der Waals surface area (Å²) in [4.78, 5) is 55.9. The number of nitrogens with one attached hydrogen (secondary N) is 3. The number of carboxylic acids is 1. The van der Waals surface area contributed by atoms with Gasteiger partial charge in [0.2, 0.25) is 17.7 Å². The van der Waals surface area contributed by atoms with Gasteiger partial charge in [0.1, 0.15) is 18.1 Å². The molecule has 11 nitrogen and oxygen atoms in total. The lowest BCUT2D eigenvalue weighted by Gasteiger charge is -2.29. The summed E-state index contributed by atoms with van der Waals surface area (Å²) >= 11 is 0. The third kappa shape index (κ3) is 6.67. The van der Waals surface area contributed by atoms with Gasteiger partial charge in [-0.3, -0.25) is 14.4 Å². The van der Waals surface area contributed by atoms with Gasteiger partial charge in [0.25, 0.3) is 0 Å². The van der Waals surface area contributed by atoms with Crippen molar-refractivity contribution in [1.82, 2.24) is 20.5 Å². The van der Waals surface area contributed by atoms with Gasteiger partial charge in [0.15, 0.2) is 0 Å². The number of para-hydroxylation sites is 1. The molecule has 212 valence electrons. The molecule has 0 aliphatic carbocycles. The van der Waals surface area contributed by atoms with Crippen LogP contribution in [0.4, 0.5) is 0 Å². The van der Waals surface area contributed by atoms with E-state index in [4.69, 9.17) is 5.73 Å². The van der Waals surface area contributed by atoms with E-state index < -0.39 is 48.1 Å². The summed E-state index contributed by atoms with van der Waals surface area (Å²) in [5, 5.41) is 25.8. The Morgan fingerprint density at radius 1 is 1.05 bits per heavy atom. The number of aliphatic hydroxyl groups excluding tert-OH is 1. The van der Waals surface area contributed by atoms with Gasteiger partial charge in [-0.25, -0.2) is 4.79 Å². The van der Waals surface area contributed by atoms with E-state index in [-0.39, 0.29) is 18.7 Å². The molecule has 11 heteroatoms. The number of hydrogen-bond donors (Lipinski definition) is 6. The van der Waals surface area contributed by atoms with Gasteiger partial charge >= 0.3 is 5.97 Å². The minimum atomic E-state index is -1.41.